The molecule has 2 unspecified atom stereocenters. The van der Waals surface area contributed by atoms with Crippen LogP contribution >= 0.6 is 0 Å². The minimum atomic E-state index is -4.76. The van der Waals surface area contributed by atoms with E-state index in [-0.39, 0.29) is 29.5 Å². The highest BCUT2D eigenvalue weighted by Gasteiger charge is 2.43. The molecule has 0 bridgehead atoms. The first-order chi connectivity index (χ1) is 18.5. The zero-order valence-corrected chi connectivity index (χ0v) is 20.6. The van der Waals surface area contributed by atoms with Crippen LogP contribution in [0.15, 0.2) is 72.8 Å². The summed E-state index contributed by atoms with van der Waals surface area (Å²) in [5, 5.41) is 8.98. The molecule has 0 aliphatic rings. The third-order valence-corrected chi connectivity index (χ3v) is 5.72. The number of aromatic nitrogens is 3. The molecule has 0 fully saturated rings. The summed E-state index contributed by atoms with van der Waals surface area (Å²) >= 11 is 0. The van der Waals surface area contributed by atoms with Crippen molar-refractivity contribution in [3.05, 3.63) is 83.9 Å². The Morgan fingerprint density at radius 2 is 1.56 bits per heavy atom. The molecule has 202 valence electrons. The fourth-order valence-electron chi connectivity index (χ4n) is 3.77. The second kappa shape index (κ2) is 11.4. The van der Waals surface area contributed by atoms with Crippen LogP contribution in [0.2, 0.25) is 0 Å². The first-order valence-electron chi connectivity index (χ1n) is 11.6. The number of hydrogen-bond acceptors (Lipinski definition) is 8. The van der Waals surface area contributed by atoms with Gasteiger partial charge in [-0.3, -0.25) is 4.79 Å². The van der Waals surface area contributed by atoms with Gasteiger partial charge in [0, 0.05) is 28.8 Å². The maximum Gasteiger partial charge on any atom is 0.429 e. The van der Waals surface area contributed by atoms with Gasteiger partial charge in [0.2, 0.25) is 23.8 Å². The van der Waals surface area contributed by atoms with Gasteiger partial charge in [-0.1, -0.05) is 54.6 Å². The molecule has 39 heavy (non-hydrogen) atoms. The van der Waals surface area contributed by atoms with Crippen molar-refractivity contribution >= 4 is 11.9 Å². The standard InChI is InChI=1S/C27H24F3N5O4/c1-38-22-4-2-3-20(33-22)16-9-11-18(12-10-16)24(27(28,29)30)39-23-14-21(34-26(32)35-23)17-7-5-15(6-8-17)13-19(31)25(36)37/h2-12,14,19,24H,13,31H2,1H3,(H,36,37)(H2,32,34,35). The molecule has 2 aromatic heterocycles. The third kappa shape index (κ3) is 6.79. The number of halogens is 3. The largest absolute Gasteiger partial charge is 0.481 e. The number of anilines is 1. The molecule has 9 nitrogen and oxygen atoms in total. The van der Waals surface area contributed by atoms with Crippen molar-refractivity contribution in [1.29, 1.82) is 0 Å². The fourth-order valence-corrected chi connectivity index (χ4v) is 3.77. The number of pyridine rings is 1. The van der Waals surface area contributed by atoms with Gasteiger partial charge in [-0.15, -0.1) is 0 Å². The Labute approximate surface area is 221 Å². The van der Waals surface area contributed by atoms with Gasteiger partial charge in [-0.2, -0.15) is 18.2 Å². The highest BCUT2D eigenvalue weighted by atomic mass is 19.4. The lowest BCUT2D eigenvalue weighted by atomic mass is 10.0. The van der Waals surface area contributed by atoms with Crippen LogP contribution in [0.3, 0.4) is 0 Å². The summed E-state index contributed by atoms with van der Waals surface area (Å²) in [6, 6.07) is 17.5. The molecule has 0 saturated heterocycles. The molecule has 5 N–H and O–H groups in total. The van der Waals surface area contributed by atoms with E-state index < -0.39 is 24.3 Å². The van der Waals surface area contributed by atoms with E-state index >= 15 is 0 Å². The van der Waals surface area contributed by atoms with E-state index in [4.69, 9.17) is 26.0 Å². The minimum absolute atomic E-state index is 0.107. The van der Waals surface area contributed by atoms with Gasteiger partial charge >= 0.3 is 12.1 Å². The second-order valence-corrected chi connectivity index (χ2v) is 8.52. The summed E-state index contributed by atoms with van der Waals surface area (Å²) in [6.07, 6.45) is -6.98. The van der Waals surface area contributed by atoms with Crippen molar-refractivity contribution in [2.24, 2.45) is 5.73 Å². The van der Waals surface area contributed by atoms with Crippen LogP contribution in [-0.2, 0) is 11.2 Å². The Bertz CT molecular complexity index is 1450. The summed E-state index contributed by atoms with van der Waals surface area (Å²) in [7, 11) is 1.47. The van der Waals surface area contributed by atoms with Crippen LogP contribution in [0.5, 0.6) is 11.8 Å². The summed E-state index contributed by atoms with van der Waals surface area (Å²) in [4.78, 5) is 23.2. The number of nitrogens with two attached hydrogens (primary N) is 2. The number of alkyl halides is 3. The predicted octanol–water partition coefficient (Wildman–Crippen LogP) is 4.43. The van der Waals surface area contributed by atoms with E-state index in [1.165, 1.54) is 37.4 Å². The number of carboxylic acid groups (broad SMARTS) is 1. The van der Waals surface area contributed by atoms with Gasteiger partial charge in [0.1, 0.15) is 6.04 Å². The quantitative estimate of drug-likeness (QED) is 0.281. The van der Waals surface area contributed by atoms with E-state index in [2.05, 4.69) is 15.0 Å². The SMILES string of the molecule is COc1cccc(-c2ccc(C(Oc3cc(-c4ccc(CC(N)C(=O)O)cc4)nc(N)n3)C(F)(F)F)cc2)n1. The lowest BCUT2D eigenvalue weighted by Gasteiger charge is -2.22. The number of methoxy groups -OCH3 is 1. The molecule has 0 amide bonds. The number of hydrogen-bond donors (Lipinski definition) is 3. The van der Waals surface area contributed by atoms with Crippen molar-refractivity contribution in [2.45, 2.75) is 24.7 Å². The average molecular weight is 540 g/mol. The van der Waals surface area contributed by atoms with Crippen molar-refractivity contribution in [2.75, 3.05) is 12.8 Å². The lowest BCUT2D eigenvalue weighted by Crippen LogP contribution is -2.32. The Morgan fingerprint density at radius 3 is 2.18 bits per heavy atom. The normalized spacial score (nSPS) is 12.9. The number of nitrogen functional groups attached to an aromatic ring is 1. The molecule has 2 heterocycles. The van der Waals surface area contributed by atoms with E-state index in [0.717, 1.165) is 0 Å². The number of ether oxygens (including phenoxy) is 2. The van der Waals surface area contributed by atoms with E-state index in [1.54, 1.807) is 42.5 Å². The van der Waals surface area contributed by atoms with Gasteiger partial charge in [-0.05, 0) is 18.1 Å². The monoisotopic (exact) mass is 539 g/mol. The highest BCUT2D eigenvalue weighted by molar-refractivity contribution is 5.73. The van der Waals surface area contributed by atoms with Crippen molar-refractivity contribution in [3.8, 4) is 34.3 Å². The molecule has 0 radical (unpaired) electrons. The molecule has 0 aliphatic heterocycles. The Kier molecular flexibility index (Phi) is 7.96. The van der Waals surface area contributed by atoms with Crippen LogP contribution in [-0.4, -0.2) is 45.4 Å². The number of carbonyl (C=O) groups is 1. The molecule has 0 saturated carbocycles. The Balaban J connectivity index is 1.58. The lowest BCUT2D eigenvalue weighted by molar-refractivity contribution is -0.198. The van der Waals surface area contributed by atoms with Gasteiger partial charge in [-0.25, -0.2) is 9.97 Å². The number of aliphatic carboxylic acids is 1. The third-order valence-electron chi connectivity index (χ3n) is 5.72. The molecular formula is C27H24F3N5O4. The maximum atomic E-state index is 14.1. The predicted molar refractivity (Wildman–Crippen MR) is 137 cm³/mol. The fraction of sp³-hybridized carbons (Fsp3) is 0.185. The number of nitrogens with zero attached hydrogens (tertiary/aromatic N) is 3. The molecule has 12 heteroatoms. The first kappa shape index (κ1) is 27.3. The van der Waals surface area contributed by atoms with Crippen molar-refractivity contribution in [1.82, 2.24) is 15.0 Å². The van der Waals surface area contributed by atoms with E-state index in [1.807, 2.05) is 0 Å². The molecule has 4 rings (SSSR count). The van der Waals surface area contributed by atoms with Gasteiger partial charge in [0.15, 0.2) is 0 Å². The molecular weight excluding hydrogens is 515 g/mol. The number of rotatable bonds is 9. The zero-order valence-electron chi connectivity index (χ0n) is 20.6. The van der Waals surface area contributed by atoms with Gasteiger partial charge in [0.25, 0.3) is 0 Å². The Hall–Kier alpha value is -4.71. The summed E-state index contributed by atoms with van der Waals surface area (Å²) in [5.41, 5.74) is 13.7. The van der Waals surface area contributed by atoms with Crippen LogP contribution in [0.1, 0.15) is 17.2 Å². The van der Waals surface area contributed by atoms with Crippen molar-refractivity contribution < 1.29 is 32.5 Å². The molecule has 0 aliphatic carbocycles. The van der Waals surface area contributed by atoms with E-state index in [9.17, 15) is 18.0 Å². The molecule has 2 atom stereocenters. The zero-order chi connectivity index (χ0) is 28.2. The van der Waals surface area contributed by atoms with E-state index in [0.29, 0.717) is 28.3 Å². The van der Waals surface area contributed by atoms with Gasteiger partial charge in [0.05, 0.1) is 18.5 Å². The number of carboxylic acids is 1. The van der Waals surface area contributed by atoms with Crippen LogP contribution in [0, 0.1) is 0 Å². The number of benzene rings is 2. The summed E-state index contributed by atoms with van der Waals surface area (Å²) in [6.45, 7) is 0. The van der Waals surface area contributed by atoms with Crippen LogP contribution in [0.4, 0.5) is 19.1 Å². The minimum Gasteiger partial charge on any atom is -0.481 e. The second-order valence-electron chi connectivity index (χ2n) is 8.52. The van der Waals surface area contributed by atoms with Gasteiger partial charge < -0.3 is 26.0 Å². The first-order valence-corrected chi connectivity index (χ1v) is 11.6. The maximum absolute atomic E-state index is 14.1. The molecule has 4 aromatic rings. The molecule has 0 spiro atoms. The molecule has 2 aromatic carbocycles. The Morgan fingerprint density at radius 1 is 0.923 bits per heavy atom. The average Bonchev–Trinajstić information content (AvgIpc) is 2.91. The summed E-state index contributed by atoms with van der Waals surface area (Å²) < 4.78 is 52.6. The summed E-state index contributed by atoms with van der Waals surface area (Å²) in [5.74, 6) is -1.39. The van der Waals surface area contributed by atoms with Crippen LogP contribution < -0.4 is 20.9 Å². The highest BCUT2D eigenvalue weighted by Crippen LogP contribution is 2.38. The smallest absolute Gasteiger partial charge is 0.429 e. The van der Waals surface area contributed by atoms with Crippen molar-refractivity contribution in [3.63, 3.8) is 0 Å². The van der Waals surface area contributed by atoms with Crippen LogP contribution in [0.25, 0.3) is 22.5 Å². The topological polar surface area (TPSA) is 146 Å².